The third-order valence-corrected chi connectivity index (χ3v) is 6.93. The summed E-state index contributed by atoms with van der Waals surface area (Å²) in [7, 11) is 2.20. The summed E-state index contributed by atoms with van der Waals surface area (Å²) in [4.78, 5) is 9.68. The normalized spacial score (nSPS) is 20.2. The Balaban J connectivity index is 1.16. The lowest BCUT2D eigenvalue weighted by Gasteiger charge is -2.35. The van der Waals surface area contributed by atoms with Gasteiger partial charge in [-0.1, -0.05) is 41.7 Å². The molecule has 0 amide bonds. The highest BCUT2D eigenvalue weighted by molar-refractivity contribution is 7.22. The van der Waals surface area contributed by atoms with E-state index < -0.39 is 0 Å². The minimum absolute atomic E-state index is 0.185. The Morgan fingerprint density at radius 2 is 1.89 bits per heavy atom. The Bertz CT molecular complexity index is 874. The molecule has 0 spiro atoms. The Hall–Kier alpha value is -2.11. The van der Waals surface area contributed by atoms with Crippen molar-refractivity contribution in [2.24, 2.45) is 5.92 Å². The second kappa shape index (κ2) is 7.13. The van der Waals surface area contributed by atoms with Crippen molar-refractivity contribution in [3.63, 3.8) is 0 Å². The number of thiazole rings is 1. The third kappa shape index (κ3) is 3.42. The first-order chi connectivity index (χ1) is 13.3. The molecular formula is C22H25N3OS. The van der Waals surface area contributed by atoms with Gasteiger partial charge in [0.15, 0.2) is 11.4 Å². The van der Waals surface area contributed by atoms with Crippen molar-refractivity contribution < 1.29 is 4.74 Å². The number of fused-ring (bicyclic) bond motifs is 2. The summed E-state index contributed by atoms with van der Waals surface area (Å²) in [5.41, 5.74) is 2.46. The zero-order valence-electron chi connectivity index (χ0n) is 15.7. The molecule has 1 fully saturated rings. The fourth-order valence-corrected chi connectivity index (χ4v) is 5.25. The molecule has 5 rings (SSSR count). The molecule has 2 aliphatic heterocycles. The van der Waals surface area contributed by atoms with Crippen LogP contribution >= 0.6 is 11.3 Å². The highest BCUT2D eigenvalue weighted by atomic mass is 32.1. The lowest BCUT2D eigenvalue weighted by atomic mass is 9.96. The molecule has 1 saturated heterocycles. The smallest absolute Gasteiger partial charge is 0.186 e. The quantitative estimate of drug-likeness (QED) is 0.672. The molecule has 0 aliphatic carbocycles. The average Bonchev–Trinajstić information content (AvgIpc) is 3.32. The molecule has 0 N–H and O–H groups in total. The van der Waals surface area contributed by atoms with Gasteiger partial charge in [0.05, 0.1) is 10.2 Å². The predicted molar refractivity (Wildman–Crippen MR) is 112 cm³/mol. The second-order valence-corrected chi connectivity index (χ2v) is 8.73. The van der Waals surface area contributed by atoms with E-state index in [0.29, 0.717) is 0 Å². The average molecular weight is 380 g/mol. The van der Waals surface area contributed by atoms with E-state index in [-0.39, 0.29) is 6.23 Å². The number of benzene rings is 2. The van der Waals surface area contributed by atoms with Gasteiger partial charge in [-0.15, -0.1) is 0 Å². The van der Waals surface area contributed by atoms with Crippen molar-refractivity contribution >= 4 is 26.7 Å². The van der Waals surface area contributed by atoms with Gasteiger partial charge in [-0.05, 0) is 49.6 Å². The van der Waals surface area contributed by atoms with E-state index in [4.69, 9.17) is 9.72 Å². The van der Waals surface area contributed by atoms with Crippen LogP contribution in [0.4, 0.5) is 5.13 Å². The van der Waals surface area contributed by atoms with Crippen LogP contribution < -0.4 is 9.64 Å². The Morgan fingerprint density at radius 1 is 1.11 bits per heavy atom. The number of nitrogens with zero attached hydrogens (tertiary/aromatic N) is 3. The van der Waals surface area contributed by atoms with E-state index in [2.05, 4.69) is 65.4 Å². The van der Waals surface area contributed by atoms with Crippen LogP contribution in [0.2, 0.25) is 0 Å². The summed E-state index contributed by atoms with van der Waals surface area (Å²) in [6.45, 7) is 3.31. The first kappa shape index (κ1) is 17.0. The van der Waals surface area contributed by atoms with E-state index in [9.17, 15) is 0 Å². The number of para-hydroxylation sites is 2. The SMILES string of the molecule is CN(CC1CCN(c2nc3ccccc3s2)CC1)C1Cc2ccccc2O1. The monoisotopic (exact) mass is 379 g/mol. The summed E-state index contributed by atoms with van der Waals surface area (Å²) in [6, 6.07) is 16.8. The fraction of sp³-hybridized carbons (Fsp3) is 0.409. The molecule has 2 aliphatic rings. The van der Waals surface area contributed by atoms with Gasteiger partial charge in [-0.2, -0.15) is 0 Å². The van der Waals surface area contributed by atoms with Crippen molar-refractivity contribution in [3.05, 3.63) is 54.1 Å². The predicted octanol–water partition coefficient (Wildman–Crippen LogP) is 4.41. The highest BCUT2D eigenvalue weighted by Crippen LogP contribution is 2.33. The summed E-state index contributed by atoms with van der Waals surface area (Å²) in [5, 5.41) is 1.18. The molecule has 1 unspecified atom stereocenters. The van der Waals surface area contributed by atoms with Crippen molar-refractivity contribution in [1.29, 1.82) is 0 Å². The first-order valence-electron chi connectivity index (χ1n) is 9.81. The maximum atomic E-state index is 6.14. The van der Waals surface area contributed by atoms with Gasteiger partial charge in [0.25, 0.3) is 0 Å². The summed E-state index contributed by atoms with van der Waals surface area (Å²) in [5.74, 6) is 1.79. The van der Waals surface area contributed by atoms with Gasteiger partial charge in [0.2, 0.25) is 0 Å². The molecule has 3 heterocycles. The molecule has 0 bridgehead atoms. The van der Waals surface area contributed by atoms with Crippen LogP contribution in [0.1, 0.15) is 18.4 Å². The lowest BCUT2D eigenvalue weighted by molar-refractivity contribution is 0.0490. The van der Waals surface area contributed by atoms with Crippen LogP contribution in [0.15, 0.2) is 48.5 Å². The minimum Gasteiger partial charge on any atom is -0.474 e. The Kier molecular flexibility index (Phi) is 4.50. The van der Waals surface area contributed by atoms with E-state index in [1.807, 2.05) is 11.3 Å². The standard InChI is InChI=1S/C22H25N3OS/c1-24(21-14-17-6-2-4-8-19(17)26-21)15-16-10-12-25(13-11-16)22-23-18-7-3-5-9-20(18)27-22/h2-9,16,21H,10-15H2,1H3. The minimum atomic E-state index is 0.185. The number of anilines is 1. The summed E-state index contributed by atoms with van der Waals surface area (Å²) < 4.78 is 7.43. The van der Waals surface area contributed by atoms with Gasteiger partial charge in [-0.3, -0.25) is 4.90 Å². The van der Waals surface area contributed by atoms with Gasteiger partial charge >= 0.3 is 0 Å². The highest BCUT2D eigenvalue weighted by Gasteiger charge is 2.29. The van der Waals surface area contributed by atoms with Crippen molar-refractivity contribution in [2.45, 2.75) is 25.5 Å². The molecule has 1 aromatic heterocycles. The third-order valence-electron chi connectivity index (χ3n) is 5.84. The van der Waals surface area contributed by atoms with E-state index in [0.717, 1.165) is 43.2 Å². The van der Waals surface area contributed by atoms with Gasteiger partial charge < -0.3 is 9.64 Å². The zero-order chi connectivity index (χ0) is 18.2. The maximum Gasteiger partial charge on any atom is 0.186 e. The molecule has 5 heteroatoms. The van der Waals surface area contributed by atoms with E-state index >= 15 is 0 Å². The van der Waals surface area contributed by atoms with Crippen LogP contribution in [-0.4, -0.2) is 42.8 Å². The van der Waals surface area contributed by atoms with Crippen LogP contribution in [0.25, 0.3) is 10.2 Å². The molecular weight excluding hydrogens is 354 g/mol. The van der Waals surface area contributed by atoms with Crippen LogP contribution in [0, 0.1) is 5.92 Å². The summed E-state index contributed by atoms with van der Waals surface area (Å²) >= 11 is 1.82. The number of piperidine rings is 1. The van der Waals surface area contributed by atoms with Crippen molar-refractivity contribution in [3.8, 4) is 5.75 Å². The maximum absolute atomic E-state index is 6.14. The van der Waals surface area contributed by atoms with Crippen LogP contribution in [-0.2, 0) is 6.42 Å². The number of ether oxygens (including phenoxy) is 1. The first-order valence-corrected chi connectivity index (χ1v) is 10.6. The molecule has 3 aromatic rings. The lowest BCUT2D eigenvalue weighted by Crippen LogP contribution is -2.42. The Morgan fingerprint density at radius 3 is 2.70 bits per heavy atom. The largest absolute Gasteiger partial charge is 0.474 e. The Labute approximate surface area is 164 Å². The number of hydrogen-bond donors (Lipinski definition) is 0. The number of likely N-dealkylation sites (N-methyl/N-ethyl adjacent to an activating group) is 1. The molecule has 140 valence electrons. The number of rotatable bonds is 4. The van der Waals surface area contributed by atoms with Gasteiger partial charge in [0.1, 0.15) is 5.75 Å². The van der Waals surface area contributed by atoms with Crippen LogP contribution in [0.3, 0.4) is 0 Å². The topological polar surface area (TPSA) is 28.6 Å². The van der Waals surface area contributed by atoms with Gasteiger partial charge in [-0.25, -0.2) is 4.98 Å². The molecule has 4 nitrogen and oxygen atoms in total. The number of hydrogen-bond acceptors (Lipinski definition) is 5. The molecule has 0 saturated carbocycles. The summed E-state index contributed by atoms with van der Waals surface area (Å²) in [6.07, 6.45) is 3.63. The van der Waals surface area contributed by atoms with Gasteiger partial charge in [0, 0.05) is 26.1 Å². The zero-order valence-corrected chi connectivity index (χ0v) is 16.5. The van der Waals surface area contributed by atoms with Crippen molar-refractivity contribution in [1.82, 2.24) is 9.88 Å². The van der Waals surface area contributed by atoms with Crippen molar-refractivity contribution in [2.75, 3.05) is 31.6 Å². The fourth-order valence-electron chi connectivity index (χ4n) is 4.24. The second-order valence-electron chi connectivity index (χ2n) is 7.72. The molecule has 2 aromatic carbocycles. The molecule has 1 atom stereocenters. The van der Waals surface area contributed by atoms with E-state index in [1.54, 1.807) is 0 Å². The van der Waals surface area contributed by atoms with Crippen LogP contribution in [0.5, 0.6) is 5.75 Å². The van der Waals surface area contributed by atoms with E-state index in [1.165, 1.54) is 28.2 Å². The molecule has 27 heavy (non-hydrogen) atoms. The molecule has 0 radical (unpaired) electrons. The number of aromatic nitrogens is 1.